The number of amides is 1. The molecule has 0 aliphatic carbocycles. The first-order chi connectivity index (χ1) is 11.6. The van der Waals surface area contributed by atoms with Gasteiger partial charge in [-0.15, -0.1) is 0 Å². The largest absolute Gasteiger partial charge is 0.383 e. The summed E-state index contributed by atoms with van der Waals surface area (Å²) in [5, 5.41) is 3.94. The summed E-state index contributed by atoms with van der Waals surface area (Å²) in [6.07, 6.45) is 0.889. The molecule has 0 radical (unpaired) electrons. The number of ether oxygens (including phenoxy) is 1. The summed E-state index contributed by atoms with van der Waals surface area (Å²) in [6.45, 7) is 4.96. The average Bonchev–Trinajstić information content (AvgIpc) is 2.58. The van der Waals surface area contributed by atoms with E-state index >= 15 is 0 Å². The molecule has 2 aromatic rings. The second-order valence-electron chi connectivity index (χ2n) is 5.53. The quantitative estimate of drug-likeness (QED) is 0.584. The Kier molecular flexibility index (Phi) is 6.81. The molecule has 0 saturated heterocycles. The van der Waals surface area contributed by atoms with Crippen molar-refractivity contribution in [2.24, 2.45) is 0 Å². The van der Waals surface area contributed by atoms with Crippen molar-refractivity contribution < 1.29 is 9.53 Å². The zero-order chi connectivity index (χ0) is 17.5. The summed E-state index contributed by atoms with van der Waals surface area (Å²) in [7, 11) is 1.60. The van der Waals surface area contributed by atoms with E-state index in [1.54, 1.807) is 17.7 Å². The third-order valence-electron chi connectivity index (χ3n) is 3.53. The highest BCUT2D eigenvalue weighted by molar-refractivity contribution is 7.99. The zero-order valence-corrected chi connectivity index (χ0v) is 15.1. The fraction of sp³-hybridized carbons (Fsp3) is 0.471. The van der Waals surface area contributed by atoms with E-state index < -0.39 is 0 Å². The topological polar surface area (TPSA) is 73.2 Å². The molecule has 2 rings (SSSR count). The summed E-state index contributed by atoms with van der Waals surface area (Å²) in [5.74, 6) is 0.167. The van der Waals surface area contributed by atoms with Crippen LogP contribution in [0.3, 0.4) is 0 Å². The molecule has 130 valence electrons. The molecule has 7 heteroatoms. The van der Waals surface area contributed by atoms with Gasteiger partial charge in [0.2, 0.25) is 5.91 Å². The lowest BCUT2D eigenvalue weighted by Gasteiger charge is -2.18. The van der Waals surface area contributed by atoms with Crippen LogP contribution in [-0.2, 0) is 9.53 Å². The van der Waals surface area contributed by atoms with Crippen LogP contribution in [0.25, 0.3) is 10.9 Å². The molecule has 0 aliphatic heterocycles. The highest BCUT2D eigenvalue weighted by Gasteiger charge is 2.17. The summed E-state index contributed by atoms with van der Waals surface area (Å²) in [6, 6.07) is 7.08. The molecule has 0 spiro atoms. The average molecular weight is 349 g/mol. The maximum Gasteiger partial charge on any atom is 0.262 e. The Morgan fingerprint density at radius 1 is 1.42 bits per heavy atom. The van der Waals surface area contributed by atoms with Gasteiger partial charge in [-0.25, -0.2) is 4.98 Å². The number of fused-ring (bicyclic) bond motifs is 1. The molecule has 1 aromatic carbocycles. The predicted octanol–water partition coefficient (Wildman–Crippen LogP) is 2.22. The van der Waals surface area contributed by atoms with Gasteiger partial charge in [0.1, 0.15) is 0 Å². The van der Waals surface area contributed by atoms with E-state index in [1.807, 2.05) is 32.0 Å². The smallest absolute Gasteiger partial charge is 0.262 e. The SMILES string of the molecule is CCCNC(=O)CSc1nc2ccccc2c(=O)n1[C@@H](C)COC. The van der Waals surface area contributed by atoms with Crippen molar-refractivity contribution in [3.05, 3.63) is 34.6 Å². The van der Waals surface area contributed by atoms with E-state index in [9.17, 15) is 9.59 Å². The molecule has 0 aliphatic rings. The molecule has 1 heterocycles. The van der Waals surface area contributed by atoms with Gasteiger partial charge in [0.05, 0.1) is 29.3 Å². The number of hydrogen-bond donors (Lipinski definition) is 1. The third-order valence-corrected chi connectivity index (χ3v) is 4.48. The minimum absolute atomic E-state index is 0.0600. The molecule has 1 amide bonds. The number of thioether (sulfide) groups is 1. The number of aromatic nitrogens is 2. The molecule has 0 unspecified atom stereocenters. The molecule has 1 atom stereocenters. The molecule has 0 bridgehead atoms. The van der Waals surface area contributed by atoms with E-state index in [1.165, 1.54) is 11.8 Å². The Morgan fingerprint density at radius 3 is 2.88 bits per heavy atom. The van der Waals surface area contributed by atoms with E-state index in [0.717, 1.165) is 6.42 Å². The fourth-order valence-electron chi connectivity index (χ4n) is 2.38. The van der Waals surface area contributed by atoms with E-state index in [-0.39, 0.29) is 23.3 Å². The first-order valence-electron chi connectivity index (χ1n) is 7.98. The van der Waals surface area contributed by atoms with Crippen molar-refractivity contribution in [3.8, 4) is 0 Å². The second kappa shape index (κ2) is 8.84. The van der Waals surface area contributed by atoms with Crippen LogP contribution in [0.15, 0.2) is 34.2 Å². The van der Waals surface area contributed by atoms with Gasteiger partial charge in [0, 0.05) is 13.7 Å². The number of nitrogens with zero attached hydrogens (tertiary/aromatic N) is 2. The second-order valence-corrected chi connectivity index (χ2v) is 6.47. The first-order valence-corrected chi connectivity index (χ1v) is 8.96. The minimum atomic E-state index is -0.166. The fourth-order valence-corrected chi connectivity index (χ4v) is 3.30. The van der Waals surface area contributed by atoms with Crippen molar-refractivity contribution in [1.29, 1.82) is 0 Å². The Hall–Kier alpha value is -1.86. The minimum Gasteiger partial charge on any atom is -0.383 e. The van der Waals surface area contributed by atoms with Gasteiger partial charge in [-0.2, -0.15) is 0 Å². The lowest BCUT2D eigenvalue weighted by atomic mass is 10.2. The predicted molar refractivity (Wildman–Crippen MR) is 96.6 cm³/mol. The molecule has 0 saturated carbocycles. The summed E-state index contributed by atoms with van der Waals surface area (Å²) >= 11 is 1.27. The van der Waals surface area contributed by atoms with Crippen LogP contribution < -0.4 is 10.9 Å². The molecule has 1 aromatic heterocycles. The Morgan fingerprint density at radius 2 is 2.17 bits per heavy atom. The number of benzene rings is 1. The van der Waals surface area contributed by atoms with Gasteiger partial charge in [0.15, 0.2) is 5.16 Å². The number of carbonyl (C=O) groups is 1. The van der Waals surface area contributed by atoms with Crippen LogP contribution in [0.1, 0.15) is 26.3 Å². The summed E-state index contributed by atoms with van der Waals surface area (Å²) in [5.41, 5.74) is 0.529. The van der Waals surface area contributed by atoms with E-state index in [4.69, 9.17) is 4.74 Å². The number of carbonyl (C=O) groups excluding carboxylic acids is 1. The van der Waals surface area contributed by atoms with Crippen molar-refractivity contribution >= 4 is 28.6 Å². The molecule has 0 fully saturated rings. The van der Waals surface area contributed by atoms with Gasteiger partial charge < -0.3 is 10.1 Å². The van der Waals surface area contributed by atoms with Crippen LogP contribution in [0.2, 0.25) is 0 Å². The third kappa shape index (κ3) is 4.36. The Labute approximate surface area is 145 Å². The van der Waals surface area contributed by atoms with Crippen LogP contribution in [0, 0.1) is 0 Å². The van der Waals surface area contributed by atoms with Gasteiger partial charge in [-0.05, 0) is 25.5 Å². The Balaban J connectivity index is 2.37. The number of methoxy groups -OCH3 is 1. The molecule has 24 heavy (non-hydrogen) atoms. The van der Waals surface area contributed by atoms with E-state index in [0.29, 0.717) is 29.2 Å². The van der Waals surface area contributed by atoms with Crippen LogP contribution in [0.4, 0.5) is 0 Å². The van der Waals surface area contributed by atoms with Gasteiger partial charge in [-0.1, -0.05) is 30.8 Å². The van der Waals surface area contributed by atoms with Crippen LogP contribution >= 0.6 is 11.8 Å². The molecular weight excluding hydrogens is 326 g/mol. The standard InChI is InChI=1S/C17H23N3O3S/c1-4-9-18-15(21)11-24-17-19-14-8-6-5-7-13(14)16(22)20(17)12(2)10-23-3/h5-8,12H,4,9-11H2,1-3H3,(H,18,21)/t12-/m0/s1. The number of rotatable bonds is 8. The Bertz CT molecular complexity index is 760. The van der Waals surface area contributed by atoms with Crippen molar-refractivity contribution in [2.45, 2.75) is 31.5 Å². The van der Waals surface area contributed by atoms with Gasteiger partial charge in [0.25, 0.3) is 5.56 Å². The number of para-hydroxylation sites is 1. The molecule has 1 N–H and O–H groups in total. The number of nitrogens with one attached hydrogen (secondary N) is 1. The highest BCUT2D eigenvalue weighted by Crippen LogP contribution is 2.21. The number of hydrogen-bond acceptors (Lipinski definition) is 5. The lowest BCUT2D eigenvalue weighted by Crippen LogP contribution is -2.30. The van der Waals surface area contributed by atoms with Gasteiger partial charge in [-0.3, -0.25) is 14.2 Å². The normalized spacial score (nSPS) is 12.3. The molecular formula is C17H23N3O3S. The summed E-state index contributed by atoms with van der Waals surface area (Å²) < 4.78 is 6.80. The molecule has 6 nitrogen and oxygen atoms in total. The highest BCUT2D eigenvalue weighted by atomic mass is 32.2. The van der Waals surface area contributed by atoms with Crippen LogP contribution in [-0.4, -0.2) is 41.5 Å². The summed E-state index contributed by atoms with van der Waals surface area (Å²) in [4.78, 5) is 29.3. The van der Waals surface area contributed by atoms with Gasteiger partial charge >= 0.3 is 0 Å². The van der Waals surface area contributed by atoms with Crippen molar-refractivity contribution in [2.75, 3.05) is 26.0 Å². The van der Waals surface area contributed by atoms with E-state index in [2.05, 4.69) is 10.3 Å². The van der Waals surface area contributed by atoms with Crippen LogP contribution in [0.5, 0.6) is 0 Å². The first kappa shape index (κ1) is 18.5. The lowest BCUT2D eigenvalue weighted by molar-refractivity contribution is -0.118. The monoisotopic (exact) mass is 349 g/mol. The van der Waals surface area contributed by atoms with Crippen molar-refractivity contribution in [3.63, 3.8) is 0 Å². The zero-order valence-electron chi connectivity index (χ0n) is 14.2. The maximum absolute atomic E-state index is 12.8. The van der Waals surface area contributed by atoms with Crippen molar-refractivity contribution in [1.82, 2.24) is 14.9 Å². The maximum atomic E-state index is 12.8.